The minimum atomic E-state index is -3.62. The first-order valence-corrected chi connectivity index (χ1v) is 10.9. The van der Waals surface area contributed by atoms with Gasteiger partial charge in [-0.25, -0.2) is 17.9 Å². The maximum Gasteiger partial charge on any atom is 0.315 e. The van der Waals surface area contributed by atoms with Crippen LogP contribution in [0.2, 0.25) is 5.02 Å². The van der Waals surface area contributed by atoms with Crippen molar-refractivity contribution in [3.63, 3.8) is 0 Å². The lowest BCUT2D eigenvalue weighted by molar-refractivity contribution is 0.240. The van der Waals surface area contributed by atoms with E-state index in [4.69, 9.17) is 11.6 Å². The molecule has 0 unspecified atom stereocenters. The Hall–Kier alpha value is -1.61. The van der Waals surface area contributed by atoms with Crippen molar-refractivity contribution in [3.05, 3.63) is 62.6 Å². The lowest BCUT2D eigenvalue weighted by Crippen LogP contribution is -2.40. The molecule has 0 heterocycles. The summed E-state index contributed by atoms with van der Waals surface area (Å²) in [6, 6.07) is 10.2. The van der Waals surface area contributed by atoms with Gasteiger partial charge in [-0.3, -0.25) is 0 Å². The molecule has 0 bridgehead atoms. The van der Waals surface area contributed by atoms with E-state index in [2.05, 4.69) is 31.3 Å². The second-order valence-electron chi connectivity index (χ2n) is 6.01. The van der Waals surface area contributed by atoms with Crippen molar-refractivity contribution in [1.29, 1.82) is 0 Å². The summed E-state index contributed by atoms with van der Waals surface area (Å²) >= 11 is 9.41. The average molecular weight is 475 g/mol. The molecule has 27 heavy (non-hydrogen) atoms. The van der Waals surface area contributed by atoms with Crippen LogP contribution in [0.4, 0.5) is 4.79 Å². The first kappa shape index (κ1) is 21.7. The number of hydrogen-bond donors (Lipinski definition) is 3. The zero-order valence-electron chi connectivity index (χ0n) is 15.0. The van der Waals surface area contributed by atoms with E-state index in [0.29, 0.717) is 10.6 Å². The van der Waals surface area contributed by atoms with Gasteiger partial charge >= 0.3 is 6.03 Å². The summed E-state index contributed by atoms with van der Waals surface area (Å²) in [5.41, 5.74) is 2.32. The molecule has 6 nitrogen and oxygen atoms in total. The van der Waals surface area contributed by atoms with Crippen molar-refractivity contribution in [2.45, 2.75) is 25.3 Å². The summed E-state index contributed by atoms with van der Waals surface area (Å²) < 4.78 is 28.1. The first-order chi connectivity index (χ1) is 12.7. The molecule has 0 aliphatic carbocycles. The normalized spacial score (nSPS) is 11.3. The minimum absolute atomic E-state index is 0.0855. The summed E-state index contributed by atoms with van der Waals surface area (Å²) in [6.45, 7) is 4.09. The number of benzene rings is 2. The largest absolute Gasteiger partial charge is 0.337 e. The summed E-state index contributed by atoms with van der Waals surface area (Å²) in [5.74, 6) is 0. The Kier molecular flexibility index (Phi) is 7.67. The molecular formula is C18H21BrClN3O3S. The molecule has 0 fully saturated rings. The number of hydrogen-bond acceptors (Lipinski definition) is 3. The second-order valence-corrected chi connectivity index (χ2v) is 9.07. The van der Waals surface area contributed by atoms with Crippen LogP contribution in [0.1, 0.15) is 16.7 Å². The SMILES string of the molecule is Cc1ccc(C)c(S(=O)(=O)NCCNC(=O)NCc2ccc(Br)cc2Cl)c1. The van der Waals surface area contributed by atoms with Gasteiger partial charge in [-0.05, 0) is 48.7 Å². The Morgan fingerprint density at radius 1 is 1.07 bits per heavy atom. The molecule has 2 amide bonds. The van der Waals surface area contributed by atoms with Gasteiger partial charge in [-0.2, -0.15) is 0 Å². The highest BCUT2D eigenvalue weighted by atomic mass is 79.9. The number of amides is 2. The minimum Gasteiger partial charge on any atom is -0.337 e. The van der Waals surface area contributed by atoms with E-state index in [9.17, 15) is 13.2 Å². The van der Waals surface area contributed by atoms with E-state index in [0.717, 1.165) is 15.6 Å². The Bertz CT molecular complexity index is 935. The van der Waals surface area contributed by atoms with Crippen LogP contribution < -0.4 is 15.4 Å². The van der Waals surface area contributed by atoms with Crippen LogP contribution in [0, 0.1) is 13.8 Å². The molecule has 0 aliphatic rings. The number of halogens is 2. The maximum absolute atomic E-state index is 12.4. The average Bonchev–Trinajstić information content (AvgIpc) is 2.60. The summed E-state index contributed by atoms with van der Waals surface area (Å²) in [4.78, 5) is 12.1. The van der Waals surface area contributed by atoms with E-state index in [1.165, 1.54) is 0 Å². The number of urea groups is 1. The predicted octanol–water partition coefficient (Wildman–Crippen LogP) is 3.50. The van der Waals surface area contributed by atoms with E-state index in [1.54, 1.807) is 25.1 Å². The second kappa shape index (κ2) is 9.54. The molecular weight excluding hydrogens is 454 g/mol. The standard InChI is InChI=1S/C18H21BrClN3O3S/c1-12-3-4-13(2)17(9-12)27(25,26)23-8-7-21-18(24)22-11-14-5-6-15(19)10-16(14)20/h3-6,9-10,23H,7-8,11H2,1-2H3,(H2,21,22,24). The zero-order valence-corrected chi connectivity index (χ0v) is 18.1. The zero-order chi connectivity index (χ0) is 20.0. The Balaban J connectivity index is 1.78. The number of carbonyl (C=O) groups is 1. The lowest BCUT2D eigenvalue weighted by atomic mass is 10.2. The highest BCUT2D eigenvalue weighted by Crippen LogP contribution is 2.21. The van der Waals surface area contributed by atoms with Gasteiger partial charge in [0.1, 0.15) is 0 Å². The van der Waals surface area contributed by atoms with Crippen LogP contribution in [0.5, 0.6) is 0 Å². The first-order valence-electron chi connectivity index (χ1n) is 8.21. The van der Waals surface area contributed by atoms with Crippen LogP contribution >= 0.6 is 27.5 Å². The predicted molar refractivity (Wildman–Crippen MR) is 110 cm³/mol. The van der Waals surface area contributed by atoms with Crippen LogP contribution in [0.3, 0.4) is 0 Å². The van der Waals surface area contributed by atoms with Gasteiger partial charge in [-0.1, -0.05) is 45.7 Å². The van der Waals surface area contributed by atoms with Crippen LogP contribution in [-0.4, -0.2) is 27.5 Å². The van der Waals surface area contributed by atoms with Gasteiger partial charge in [0.2, 0.25) is 10.0 Å². The third-order valence-electron chi connectivity index (χ3n) is 3.79. The van der Waals surface area contributed by atoms with Gasteiger partial charge in [0.25, 0.3) is 0 Å². The highest BCUT2D eigenvalue weighted by Gasteiger charge is 2.16. The Morgan fingerprint density at radius 2 is 1.81 bits per heavy atom. The van der Waals surface area contributed by atoms with Crippen molar-refractivity contribution in [3.8, 4) is 0 Å². The Labute approximate surface area is 172 Å². The van der Waals surface area contributed by atoms with Gasteiger partial charge in [0, 0.05) is 29.1 Å². The smallest absolute Gasteiger partial charge is 0.315 e. The molecule has 2 rings (SSSR count). The summed E-state index contributed by atoms with van der Waals surface area (Å²) in [7, 11) is -3.62. The van der Waals surface area contributed by atoms with E-state index in [1.807, 2.05) is 25.1 Å². The molecule has 0 radical (unpaired) electrons. The fraction of sp³-hybridized carbons (Fsp3) is 0.278. The Morgan fingerprint density at radius 3 is 2.52 bits per heavy atom. The van der Waals surface area contributed by atoms with Crippen molar-refractivity contribution >= 4 is 43.6 Å². The highest BCUT2D eigenvalue weighted by molar-refractivity contribution is 9.10. The third-order valence-corrected chi connectivity index (χ3v) is 6.24. The van der Waals surface area contributed by atoms with Crippen molar-refractivity contribution in [2.75, 3.05) is 13.1 Å². The molecule has 3 N–H and O–H groups in total. The number of sulfonamides is 1. The molecule has 146 valence electrons. The van der Waals surface area contributed by atoms with Crippen molar-refractivity contribution < 1.29 is 13.2 Å². The van der Waals surface area contributed by atoms with Gasteiger partial charge in [0.15, 0.2) is 0 Å². The molecule has 0 atom stereocenters. The number of rotatable bonds is 7. The van der Waals surface area contributed by atoms with Gasteiger partial charge in [-0.15, -0.1) is 0 Å². The molecule has 2 aromatic rings. The maximum atomic E-state index is 12.4. The monoisotopic (exact) mass is 473 g/mol. The van der Waals surface area contributed by atoms with E-state index in [-0.39, 0.29) is 24.5 Å². The molecule has 0 saturated carbocycles. The van der Waals surface area contributed by atoms with E-state index < -0.39 is 16.1 Å². The van der Waals surface area contributed by atoms with Crippen molar-refractivity contribution in [2.24, 2.45) is 0 Å². The van der Waals surface area contributed by atoms with Crippen molar-refractivity contribution in [1.82, 2.24) is 15.4 Å². The third kappa shape index (κ3) is 6.49. The molecule has 2 aromatic carbocycles. The summed E-state index contributed by atoms with van der Waals surface area (Å²) in [5, 5.41) is 5.83. The number of carbonyl (C=O) groups excluding carboxylic acids is 1. The molecule has 0 aromatic heterocycles. The van der Waals surface area contributed by atoms with Gasteiger partial charge < -0.3 is 10.6 Å². The van der Waals surface area contributed by atoms with Crippen LogP contribution in [-0.2, 0) is 16.6 Å². The summed E-state index contributed by atoms with van der Waals surface area (Å²) in [6.07, 6.45) is 0. The molecule has 0 saturated heterocycles. The topological polar surface area (TPSA) is 87.3 Å². The molecule has 0 aliphatic heterocycles. The number of nitrogens with one attached hydrogen (secondary N) is 3. The quantitative estimate of drug-likeness (QED) is 0.537. The lowest BCUT2D eigenvalue weighted by Gasteiger charge is -2.11. The van der Waals surface area contributed by atoms with Crippen LogP contribution in [0.25, 0.3) is 0 Å². The van der Waals surface area contributed by atoms with Gasteiger partial charge in [0.05, 0.1) is 4.90 Å². The number of aryl methyl sites for hydroxylation is 2. The molecule has 9 heteroatoms. The fourth-order valence-electron chi connectivity index (χ4n) is 2.34. The fourth-order valence-corrected chi connectivity index (χ4v) is 4.44. The van der Waals surface area contributed by atoms with E-state index >= 15 is 0 Å². The molecule has 0 spiro atoms. The van der Waals surface area contributed by atoms with Crippen LogP contribution in [0.15, 0.2) is 45.8 Å².